The maximum Gasteiger partial charge on any atom is 0.0462 e. The topological polar surface area (TPSA) is 69.6 Å². The van der Waals surface area contributed by atoms with E-state index in [4.69, 9.17) is 0 Å². The van der Waals surface area contributed by atoms with Gasteiger partial charge in [0.15, 0.2) is 0 Å². The lowest BCUT2D eigenvalue weighted by Gasteiger charge is -2.26. The van der Waals surface area contributed by atoms with Gasteiger partial charge < -0.3 is 29.7 Å². The summed E-state index contributed by atoms with van der Waals surface area (Å²) in [6.45, 7) is 0. The van der Waals surface area contributed by atoms with Crippen LogP contribution in [0.5, 0.6) is 0 Å². The molecule has 0 amide bonds. The maximum atomic E-state index is 3.64. The Hall–Kier alpha value is -11.1. The predicted octanol–water partition coefficient (Wildman–Crippen LogP) is 20.9. The molecule has 0 atom stereocenters. The molecule has 0 spiro atoms. The van der Waals surface area contributed by atoms with Gasteiger partial charge in [-0.1, -0.05) is 194 Å². The van der Waals surface area contributed by atoms with Crippen LogP contribution in [-0.2, 0) is 0 Å². The van der Waals surface area contributed by atoms with Gasteiger partial charge in [0.1, 0.15) is 0 Å². The van der Waals surface area contributed by atoms with Crippen LogP contribution in [0, 0.1) is 0 Å². The Bertz CT molecular complexity index is 3840. The van der Waals surface area contributed by atoms with Crippen molar-refractivity contribution >= 4 is 34.1 Å². The summed E-state index contributed by atoms with van der Waals surface area (Å²) in [5, 5.41) is 0. The zero-order chi connectivity index (χ0) is 54.6. The highest BCUT2D eigenvalue weighted by molar-refractivity contribution is 5.84. The number of aromatic nitrogens is 4. The first-order valence-electron chi connectivity index (χ1n) is 27.8. The molecular weight excluding hydrogens is 997 g/mol. The molecule has 4 heterocycles. The molecule has 0 bridgehead atoms. The SMILES string of the molecule is c1ccc(-c2ccc(-c3ccc(N(c4ccc(-c5ccc(N(c6ccc(-c7ccc(-c8ccccc8)[nH]7)cc6)c6ccc(-c7ccc(-c8ccccc8)[nH]7)cc6)cc5)cc4)c4ccc(-c5ccc(-c6ccccc6)[nH]5)cc4)cc3)[nH]2)cc1. The Morgan fingerprint density at radius 2 is 0.280 bits per heavy atom. The first kappa shape index (κ1) is 49.2. The molecule has 10 aromatic carbocycles. The van der Waals surface area contributed by atoms with Crippen molar-refractivity contribution in [1.29, 1.82) is 0 Å². The lowest BCUT2D eigenvalue weighted by molar-refractivity contribution is 1.28. The fourth-order valence-electron chi connectivity index (χ4n) is 11.1. The molecule has 0 radical (unpaired) electrons. The number of hydrogen-bond acceptors (Lipinski definition) is 2. The molecule has 0 saturated heterocycles. The molecule has 6 heteroatoms. The fraction of sp³-hybridized carbons (Fsp3) is 0. The van der Waals surface area contributed by atoms with E-state index in [1.54, 1.807) is 0 Å². The Labute approximate surface area is 478 Å². The Balaban J connectivity index is 0.764. The summed E-state index contributed by atoms with van der Waals surface area (Å²) in [5.74, 6) is 0. The molecule has 0 aliphatic heterocycles. The van der Waals surface area contributed by atoms with E-state index in [9.17, 15) is 0 Å². The number of aromatic amines is 4. The zero-order valence-electron chi connectivity index (χ0n) is 44.9. The van der Waals surface area contributed by atoms with Crippen LogP contribution in [0.2, 0.25) is 0 Å². The van der Waals surface area contributed by atoms with Crippen molar-refractivity contribution in [3.05, 3.63) is 315 Å². The maximum absolute atomic E-state index is 3.64. The molecular formula is C76H56N6. The Morgan fingerprint density at radius 3 is 0.451 bits per heavy atom. The second-order valence-electron chi connectivity index (χ2n) is 20.6. The van der Waals surface area contributed by atoms with Crippen molar-refractivity contribution in [1.82, 2.24) is 19.9 Å². The van der Waals surface area contributed by atoms with Crippen LogP contribution in [0.15, 0.2) is 315 Å². The number of nitrogens with one attached hydrogen (secondary N) is 4. The van der Waals surface area contributed by atoms with Gasteiger partial charge in [-0.2, -0.15) is 0 Å². The number of anilines is 6. The molecule has 82 heavy (non-hydrogen) atoms. The number of nitrogens with zero attached hydrogens (tertiary/aromatic N) is 2. The lowest BCUT2D eigenvalue weighted by Crippen LogP contribution is -2.10. The molecule has 390 valence electrons. The van der Waals surface area contributed by atoms with Gasteiger partial charge in [0, 0.05) is 79.7 Å². The fourth-order valence-corrected chi connectivity index (χ4v) is 11.1. The van der Waals surface area contributed by atoms with Gasteiger partial charge in [0.25, 0.3) is 0 Å². The van der Waals surface area contributed by atoms with Crippen molar-refractivity contribution < 1.29 is 0 Å². The molecule has 0 fully saturated rings. The third kappa shape index (κ3) is 10.2. The van der Waals surface area contributed by atoms with E-state index in [2.05, 4.69) is 321 Å². The van der Waals surface area contributed by atoms with Crippen molar-refractivity contribution in [2.24, 2.45) is 0 Å². The van der Waals surface area contributed by atoms with Crippen LogP contribution >= 0.6 is 0 Å². The van der Waals surface area contributed by atoms with Crippen LogP contribution in [0.4, 0.5) is 34.1 Å². The van der Waals surface area contributed by atoms with E-state index in [1.807, 2.05) is 24.3 Å². The third-order valence-electron chi connectivity index (χ3n) is 15.4. The standard InChI is InChI=1S/C76H56N6/c1-5-13-55(14-6-1)69-45-49-73(77-69)59-25-37-65(38-26-59)81(66-39-27-60(28-40-66)74-50-46-70(78-74)56-15-7-2-8-16-56)63-33-21-53(22-34-63)54-23-35-64(36-24-54)82(67-41-29-61(30-42-67)75-51-47-71(79-75)57-17-9-3-10-18-57)68-43-31-62(32-44-68)76-52-48-72(80-76)58-19-11-4-12-20-58/h1-52,77-80H. The Kier molecular flexibility index (Phi) is 13.2. The first-order chi connectivity index (χ1) is 40.6. The normalized spacial score (nSPS) is 11.2. The van der Waals surface area contributed by atoms with E-state index in [0.717, 1.165) is 135 Å². The molecule has 14 aromatic rings. The predicted molar refractivity (Wildman–Crippen MR) is 342 cm³/mol. The molecule has 14 rings (SSSR count). The van der Waals surface area contributed by atoms with Gasteiger partial charge in [-0.3, -0.25) is 0 Å². The van der Waals surface area contributed by atoms with Crippen molar-refractivity contribution in [2.75, 3.05) is 9.80 Å². The minimum absolute atomic E-state index is 1.06. The molecule has 0 unspecified atom stereocenters. The second-order valence-corrected chi connectivity index (χ2v) is 20.6. The summed E-state index contributed by atoms with van der Waals surface area (Å²) in [5.41, 5.74) is 26.5. The molecule has 0 aliphatic carbocycles. The van der Waals surface area contributed by atoms with E-state index in [-0.39, 0.29) is 0 Å². The van der Waals surface area contributed by atoms with Gasteiger partial charge >= 0.3 is 0 Å². The van der Waals surface area contributed by atoms with E-state index >= 15 is 0 Å². The van der Waals surface area contributed by atoms with Gasteiger partial charge in [-0.05, 0) is 177 Å². The summed E-state index contributed by atoms with van der Waals surface area (Å²) < 4.78 is 0. The van der Waals surface area contributed by atoms with Crippen LogP contribution in [0.25, 0.3) is 101 Å². The first-order valence-corrected chi connectivity index (χ1v) is 27.8. The molecule has 6 nitrogen and oxygen atoms in total. The number of hydrogen-bond donors (Lipinski definition) is 4. The average Bonchev–Trinajstić information content (AvgIpc) is 4.48. The van der Waals surface area contributed by atoms with E-state index < -0.39 is 0 Å². The highest BCUT2D eigenvalue weighted by atomic mass is 15.1. The molecule has 0 aliphatic rings. The largest absolute Gasteiger partial charge is 0.355 e. The molecule has 4 N–H and O–H groups in total. The monoisotopic (exact) mass is 1050 g/mol. The minimum Gasteiger partial charge on any atom is -0.355 e. The number of rotatable bonds is 15. The minimum atomic E-state index is 1.06. The van der Waals surface area contributed by atoms with E-state index in [1.165, 1.54) is 0 Å². The van der Waals surface area contributed by atoms with E-state index in [0.29, 0.717) is 0 Å². The van der Waals surface area contributed by atoms with Gasteiger partial charge in [-0.25, -0.2) is 0 Å². The van der Waals surface area contributed by atoms with Crippen molar-refractivity contribution in [3.8, 4) is 101 Å². The summed E-state index contributed by atoms with van der Waals surface area (Å²) in [7, 11) is 0. The smallest absolute Gasteiger partial charge is 0.0462 e. The summed E-state index contributed by atoms with van der Waals surface area (Å²) in [4.78, 5) is 19.2. The lowest BCUT2D eigenvalue weighted by atomic mass is 10.0. The summed E-state index contributed by atoms with van der Waals surface area (Å²) >= 11 is 0. The molecule has 4 aromatic heterocycles. The third-order valence-corrected chi connectivity index (χ3v) is 15.4. The average molecular weight is 1050 g/mol. The van der Waals surface area contributed by atoms with Crippen LogP contribution in [0.1, 0.15) is 0 Å². The quantitative estimate of drug-likeness (QED) is 0.0826. The molecule has 0 saturated carbocycles. The van der Waals surface area contributed by atoms with Crippen LogP contribution in [0.3, 0.4) is 0 Å². The summed E-state index contributed by atoms with van der Waals surface area (Å²) in [6.07, 6.45) is 0. The van der Waals surface area contributed by atoms with Crippen LogP contribution in [-0.4, -0.2) is 19.9 Å². The van der Waals surface area contributed by atoms with Gasteiger partial charge in [0.2, 0.25) is 0 Å². The zero-order valence-corrected chi connectivity index (χ0v) is 44.9. The van der Waals surface area contributed by atoms with Crippen molar-refractivity contribution in [3.63, 3.8) is 0 Å². The van der Waals surface area contributed by atoms with Crippen molar-refractivity contribution in [2.45, 2.75) is 0 Å². The summed E-state index contributed by atoms with van der Waals surface area (Å²) in [6, 6.07) is 112. The highest BCUT2D eigenvalue weighted by Crippen LogP contribution is 2.41. The van der Waals surface area contributed by atoms with Crippen LogP contribution < -0.4 is 9.80 Å². The highest BCUT2D eigenvalue weighted by Gasteiger charge is 2.18. The van der Waals surface area contributed by atoms with Gasteiger partial charge in [-0.15, -0.1) is 0 Å². The van der Waals surface area contributed by atoms with Gasteiger partial charge in [0.05, 0.1) is 0 Å². The number of H-pyrrole nitrogens is 4. The Morgan fingerprint density at radius 1 is 0.134 bits per heavy atom. The number of benzene rings is 10. The second kappa shape index (κ2) is 22.0.